The fraction of sp³-hybridized carbons (Fsp3) is 0.273. The van der Waals surface area contributed by atoms with Crippen molar-refractivity contribution in [3.63, 3.8) is 0 Å². The topological polar surface area (TPSA) is 55.0 Å². The van der Waals surface area contributed by atoms with Crippen molar-refractivity contribution < 1.29 is 0 Å². The molecule has 1 aromatic heterocycles. The molecule has 1 aromatic carbocycles. The van der Waals surface area contributed by atoms with Crippen LogP contribution in [0.1, 0.15) is 18.5 Å². The van der Waals surface area contributed by atoms with Crippen LogP contribution in [0.5, 0.6) is 0 Å². The Hall–Kier alpha value is -1.33. The molecule has 90 valence electrons. The molecule has 0 aliphatic carbocycles. The van der Waals surface area contributed by atoms with E-state index in [0.717, 1.165) is 15.7 Å². The molecule has 0 aliphatic rings. The molecule has 0 saturated heterocycles. The molecule has 0 saturated carbocycles. The Balaban J connectivity index is 2.22. The Labute approximate surface area is 109 Å². The molecule has 0 radical (unpaired) electrons. The lowest BCUT2D eigenvalue weighted by Gasteiger charge is -2.24. The second-order valence-electron chi connectivity index (χ2n) is 3.78. The van der Waals surface area contributed by atoms with Gasteiger partial charge in [0.15, 0.2) is 0 Å². The summed E-state index contributed by atoms with van der Waals surface area (Å²) >= 11 is 7.27. The van der Waals surface area contributed by atoms with Crippen LogP contribution in [0.3, 0.4) is 0 Å². The van der Waals surface area contributed by atoms with Gasteiger partial charge in [0.1, 0.15) is 0 Å². The van der Waals surface area contributed by atoms with E-state index in [0.29, 0.717) is 5.95 Å². The van der Waals surface area contributed by atoms with Crippen LogP contribution in [-0.4, -0.2) is 16.4 Å². The van der Waals surface area contributed by atoms with Crippen molar-refractivity contribution in [1.29, 1.82) is 0 Å². The van der Waals surface area contributed by atoms with Crippen molar-refractivity contribution in [3.8, 4) is 0 Å². The third-order valence-electron chi connectivity index (χ3n) is 2.64. The lowest BCUT2D eigenvalue weighted by Crippen LogP contribution is -2.21. The first-order valence-corrected chi connectivity index (χ1v) is 6.30. The van der Waals surface area contributed by atoms with Gasteiger partial charge in [-0.2, -0.15) is 9.36 Å². The van der Waals surface area contributed by atoms with Crippen LogP contribution in [0.15, 0.2) is 24.3 Å². The summed E-state index contributed by atoms with van der Waals surface area (Å²) in [6.07, 6.45) is 0. The third-order valence-corrected chi connectivity index (χ3v) is 3.70. The van der Waals surface area contributed by atoms with Crippen LogP contribution in [0, 0.1) is 0 Å². The molecule has 1 heterocycles. The first kappa shape index (κ1) is 12.1. The van der Waals surface area contributed by atoms with Gasteiger partial charge in [0.25, 0.3) is 0 Å². The molecule has 0 fully saturated rings. The fourth-order valence-electron chi connectivity index (χ4n) is 1.53. The Bertz CT molecular complexity index is 514. The minimum atomic E-state index is 0.168. The van der Waals surface area contributed by atoms with Crippen LogP contribution in [0.25, 0.3) is 0 Å². The van der Waals surface area contributed by atoms with E-state index >= 15 is 0 Å². The number of anilines is 2. The molecule has 0 aliphatic heterocycles. The summed E-state index contributed by atoms with van der Waals surface area (Å²) in [6.45, 7) is 2.09. The number of nitrogens with two attached hydrogens (primary N) is 1. The molecule has 0 bridgehead atoms. The molecule has 2 N–H and O–H groups in total. The second kappa shape index (κ2) is 4.89. The average Bonchev–Trinajstić information content (AvgIpc) is 2.74. The number of hydrogen-bond acceptors (Lipinski definition) is 5. The van der Waals surface area contributed by atoms with Gasteiger partial charge in [0.05, 0.1) is 6.04 Å². The van der Waals surface area contributed by atoms with Crippen LogP contribution in [0.2, 0.25) is 5.02 Å². The van der Waals surface area contributed by atoms with Gasteiger partial charge < -0.3 is 10.6 Å². The van der Waals surface area contributed by atoms with Gasteiger partial charge in [0, 0.05) is 23.6 Å². The Kier molecular flexibility index (Phi) is 3.49. The largest absolute Gasteiger partial charge is 0.367 e. The molecule has 2 aromatic rings. The molecule has 2 rings (SSSR count). The molecular formula is C11H13ClN4S. The highest BCUT2D eigenvalue weighted by molar-refractivity contribution is 7.09. The van der Waals surface area contributed by atoms with Crippen LogP contribution in [-0.2, 0) is 0 Å². The molecule has 4 nitrogen and oxygen atoms in total. The number of halogens is 1. The number of nitrogen functional groups attached to an aromatic ring is 1. The third kappa shape index (κ3) is 2.68. The van der Waals surface area contributed by atoms with Crippen LogP contribution < -0.4 is 10.6 Å². The van der Waals surface area contributed by atoms with Crippen molar-refractivity contribution in [2.75, 3.05) is 17.7 Å². The Morgan fingerprint density at radius 3 is 2.82 bits per heavy atom. The number of aromatic nitrogens is 2. The summed E-state index contributed by atoms with van der Waals surface area (Å²) in [7, 11) is 1.96. The van der Waals surface area contributed by atoms with Gasteiger partial charge in [0.2, 0.25) is 11.1 Å². The second-order valence-corrected chi connectivity index (χ2v) is 4.94. The average molecular weight is 269 g/mol. The monoisotopic (exact) mass is 268 g/mol. The van der Waals surface area contributed by atoms with Crippen molar-refractivity contribution >= 4 is 34.2 Å². The quantitative estimate of drug-likeness (QED) is 0.930. The molecule has 1 unspecified atom stereocenters. The van der Waals surface area contributed by atoms with Crippen LogP contribution in [0.4, 0.5) is 11.1 Å². The number of hydrogen-bond donors (Lipinski definition) is 1. The van der Waals surface area contributed by atoms with E-state index in [1.54, 1.807) is 0 Å². The molecule has 0 spiro atoms. The fourth-order valence-corrected chi connectivity index (χ4v) is 2.36. The van der Waals surface area contributed by atoms with Crippen molar-refractivity contribution in [2.24, 2.45) is 0 Å². The number of nitrogens with zero attached hydrogens (tertiary/aromatic N) is 3. The summed E-state index contributed by atoms with van der Waals surface area (Å²) in [5.41, 5.74) is 6.65. The molecule has 17 heavy (non-hydrogen) atoms. The summed E-state index contributed by atoms with van der Waals surface area (Å²) in [5, 5.41) is 1.54. The number of rotatable bonds is 3. The van der Waals surface area contributed by atoms with E-state index in [1.807, 2.05) is 36.2 Å². The summed E-state index contributed by atoms with van der Waals surface area (Å²) in [6, 6.07) is 7.96. The van der Waals surface area contributed by atoms with E-state index in [1.165, 1.54) is 11.5 Å². The van der Waals surface area contributed by atoms with E-state index in [9.17, 15) is 0 Å². The highest BCUT2D eigenvalue weighted by Gasteiger charge is 2.15. The van der Waals surface area contributed by atoms with Gasteiger partial charge in [-0.05, 0) is 24.6 Å². The smallest absolute Gasteiger partial charge is 0.233 e. The minimum Gasteiger partial charge on any atom is -0.367 e. The van der Waals surface area contributed by atoms with Gasteiger partial charge >= 0.3 is 0 Å². The van der Waals surface area contributed by atoms with Crippen LogP contribution >= 0.6 is 23.1 Å². The van der Waals surface area contributed by atoms with Gasteiger partial charge in [-0.15, -0.1) is 0 Å². The SMILES string of the molecule is CC(c1cccc(Cl)c1)N(C)c1nc(N)ns1. The standard InChI is InChI=1S/C11H13ClN4S/c1-7(8-4-3-5-9(12)6-8)16(2)11-14-10(13)15-17-11/h3-7H,1-2H3,(H2,13,15). The van der Waals surface area contributed by atoms with E-state index < -0.39 is 0 Å². The maximum absolute atomic E-state index is 5.98. The minimum absolute atomic E-state index is 0.168. The van der Waals surface area contributed by atoms with Crippen molar-refractivity contribution in [1.82, 2.24) is 9.36 Å². The lowest BCUT2D eigenvalue weighted by molar-refractivity contribution is 0.737. The summed E-state index contributed by atoms with van der Waals surface area (Å²) < 4.78 is 3.97. The van der Waals surface area contributed by atoms with Crippen molar-refractivity contribution in [3.05, 3.63) is 34.9 Å². The predicted octanol–water partition coefficient (Wildman–Crippen LogP) is 2.97. The zero-order valence-corrected chi connectivity index (χ0v) is 11.2. The molecular weight excluding hydrogens is 256 g/mol. The Morgan fingerprint density at radius 2 is 2.24 bits per heavy atom. The van der Waals surface area contributed by atoms with E-state index in [2.05, 4.69) is 16.3 Å². The zero-order valence-electron chi connectivity index (χ0n) is 9.59. The molecule has 0 amide bonds. The normalized spacial score (nSPS) is 12.4. The van der Waals surface area contributed by atoms with Gasteiger partial charge in [-0.1, -0.05) is 23.7 Å². The van der Waals surface area contributed by atoms with E-state index in [4.69, 9.17) is 17.3 Å². The first-order chi connectivity index (χ1) is 8.08. The first-order valence-electron chi connectivity index (χ1n) is 5.15. The molecule has 1 atom stereocenters. The predicted molar refractivity (Wildman–Crippen MR) is 72.6 cm³/mol. The number of benzene rings is 1. The summed E-state index contributed by atoms with van der Waals surface area (Å²) in [4.78, 5) is 6.19. The Morgan fingerprint density at radius 1 is 1.47 bits per heavy atom. The highest BCUT2D eigenvalue weighted by Crippen LogP contribution is 2.28. The lowest BCUT2D eigenvalue weighted by atomic mass is 10.1. The molecule has 6 heteroatoms. The van der Waals surface area contributed by atoms with Gasteiger partial charge in [-0.3, -0.25) is 0 Å². The zero-order chi connectivity index (χ0) is 12.4. The van der Waals surface area contributed by atoms with Crippen molar-refractivity contribution in [2.45, 2.75) is 13.0 Å². The maximum atomic E-state index is 5.98. The maximum Gasteiger partial charge on any atom is 0.233 e. The van der Waals surface area contributed by atoms with E-state index in [-0.39, 0.29) is 6.04 Å². The highest BCUT2D eigenvalue weighted by atomic mass is 35.5. The summed E-state index contributed by atoms with van der Waals surface area (Å²) in [5.74, 6) is 0.315. The van der Waals surface area contributed by atoms with Gasteiger partial charge in [-0.25, -0.2) is 0 Å².